The van der Waals surface area contributed by atoms with Crippen molar-refractivity contribution in [1.82, 2.24) is 0 Å². The topological polar surface area (TPSA) is 40.5 Å². The van der Waals surface area contributed by atoms with Crippen molar-refractivity contribution in [1.29, 1.82) is 0 Å². The Labute approximate surface area is 138 Å². The summed E-state index contributed by atoms with van der Waals surface area (Å²) in [6.45, 7) is 0. The van der Waals surface area contributed by atoms with Gasteiger partial charge in [-0.05, 0) is 69.4 Å². The summed E-state index contributed by atoms with van der Waals surface area (Å²) < 4.78 is 1.79. The van der Waals surface area contributed by atoms with E-state index in [4.69, 9.17) is 10.2 Å². The van der Waals surface area contributed by atoms with Crippen LogP contribution in [-0.2, 0) is 17.4 Å². The second-order valence-corrected chi connectivity index (χ2v) is 5.23. The molecular weight excluding hydrogens is 482 g/mol. The zero-order valence-electron chi connectivity index (χ0n) is 8.68. The maximum absolute atomic E-state index is 8.91. The molecule has 2 nitrogen and oxygen atoms in total. The van der Waals surface area contributed by atoms with Crippen LogP contribution in [0.15, 0.2) is 48.5 Å². The Kier molecular flexibility index (Phi) is 9.05. The number of phenolic OH excluding ortho intramolecular Hbond substituents is 2. The number of hydrogen-bond donors (Lipinski definition) is 2. The van der Waals surface area contributed by atoms with Crippen LogP contribution in [0.2, 0.25) is 0 Å². The third kappa shape index (κ3) is 6.50. The van der Waals surface area contributed by atoms with Crippen LogP contribution in [0.3, 0.4) is 0 Å². The van der Waals surface area contributed by atoms with E-state index in [-0.39, 0.29) is 17.4 Å². The van der Waals surface area contributed by atoms with Gasteiger partial charge in [-0.25, -0.2) is 0 Å². The first-order valence-electron chi connectivity index (χ1n) is 4.48. The molecule has 0 bridgehead atoms. The van der Waals surface area contributed by atoms with E-state index in [1.54, 1.807) is 24.3 Å². The van der Waals surface area contributed by atoms with E-state index >= 15 is 0 Å². The summed E-state index contributed by atoms with van der Waals surface area (Å²) in [6.07, 6.45) is 0. The Morgan fingerprint density at radius 1 is 0.647 bits per heavy atom. The smallest absolute Gasteiger partial charge is 0.128 e. The molecule has 0 radical (unpaired) electrons. The summed E-state index contributed by atoms with van der Waals surface area (Å²) >= 11 is 4.15. The van der Waals surface area contributed by atoms with Gasteiger partial charge in [0.15, 0.2) is 0 Å². The van der Waals surface area contributed by atoms with Crippen molar-refractivity contribution >= 4 is 45.2 Å². The zero-order valence-corrected chi connectivity index (χ0v) is 14.3. The molecule has 2 aromatic rings. The van der Waals surface area contributed by atoms with Gasteiger partial charge in [0.2, 0.25) is 0 Å². The van der Waals surface area contributed by atoms with Gasteiger partial charge in [0.25, 0.3) is 0 Å². The largest absolute Gasteiger partial charge is 0.507 e. The third-order valence-corrected chi connectivity index (χ3v) is 3.53. The molecule has 2 aromatic carbocycles. The number of aromatic hydroxyl groups is 2. The van der Waals surface area contributed by atoms with Gasteiger partial charge in [0.1, 0.15) is 11.5 Å². The molecular formula is C12H10CrI2O2. The first kappa shape index (κ1) is 17.0. The van der Waals surface area contributed by atoms with Crippen LogP contribution in [0.1, 0.15) is 0 Å². The Balaban J connectivity index is 0.000000284. The fraction of sp³-hybridized carbons (Fsp3) is 0. The fourth-order valence-corrected chi connectivity index (χ4v) is 1.68. The van der Waals surface area contributed by atoms with Gasteiger partial charge < -0.3 is 10.2 Å². The molecule has 0 fully saturated rings. The van der Waals surface area contributed by atoms with E-state index in [9.17, 15) is 0 Å². The summed E-state index contributed by atoms with van der Waals surface area (Å²) in [5, 5.41) is 17.8. The van der Waals surface area contributed by atoms with Gasteiger partial charge in [-0.15, -0.1) is 0 Å². The molecule has 17 heavy (non-hydrogen) atoms. The van der Waals surface area contributed by atoms with Crippen molar-refractivity contribution in [2.75, 3.05) is 0 Å². The van der Waals surface area contributed by atoms with Crippen molar-refractivity contribution in [3.63, 3.8) is 0 Å². The summed E-state index contributed by atoms with van der Waals surface area (Å²) in [4.78, 5) is 0. The predicted molar refractivity (Wildman–Crippen MR) is 81.6 cm³/mol. The van der Waals surface area contributed by atoms with E-state index in [0.29, 0.717) is 11.5 Å². The van der Waals surface area contributed by atoms with E-state index in [1.807, 2.05) is 24.3 Å². The number of rotatable bonds is 0. The molecule has 2 rings (SSSR count). The minimum Gasteiger partial charge on any atom is -0.507 e. The third-order valence-electron chi connectivity index (χ3n) is 1.70. The molecule has 0 saturated carbocycles. The Morgan fingerprint density at radius 2 is 0.941 bits per heavy atom. The molecule has 0 heterocycles. The molecule has 5 heteroatoms. The monoisotopic (exact) mass is 492 g/mol. The molecule has 0 aliphatic heterocycles. The number of phenols is 2. The number of halogens is 2. The van der Waals surface area contributed by atoms with E-state index < -0.39 is 0 Å². The van der Waals surface area contributed by atoms with Gasteiger partial charge in [0.05, 0.1) is 7.14 Å². The number of para-hydroxylation sites is 2. The van der Waals surface area contributed by atoms with Crippen LogP contribution in [0, 0.1) is 7.14 Å². The van der Waals surface area contributed by atoms with Crippen LogP contribution < -0.4 is 0 Å². The number of hydrogen-bond acceptors (Lipinski definition) is 2. The average molecular weight is 492 g/mol. The average Bonchev–Trinajstić information content (AvgIpc) is 2.28. The fourth-order valence-electron chi connectivity index (χ4n) is 0.903. The Bertz CT molecular complexity index is 378. The van der Waals surface area contributed by atoms with Crippen LogP contribution in [-0.4, -0.2) is 10.2 Å². The number of benzene rings is 2. The van der Waals surface area contributed by atoms with E-state index in [1.165, 1.54) is 0 Å². The summed E-state index contributed by atoms with van der Waals surface area (Å²) in [6, 6.07) is 14.4. The molecule has 0 saturated heterocycles. The minimum atomic E-state index is 0. The van der Waals surface area contributed by atoms with Crippen LogP contribution >= 0.6 is 45.2 Å². The second kappa shape index (κ2) is 9.03. The van der Waals surface area contributed by atoms with Crippen molar-refractivity contribution < 1.29 is 27.6 Å². The molecule has 2 N–H and O–H groups in total. The minimum absolute atomic E-state index is 0. The summed E-state index contributed by atoms with van der Waals surface area (Å²) in [5.41, 5.74) is 0. The Morgan fingerprint density at radius 3 is 1.12 bits per heavy atom. The normalized spacial score (nSPS) is 8.59. The molecule has 0 aliphatic carbocycles. The molecule has 0 aromatic heterocycles. The predicted octanol–water partition coefficient (Wildman–Crippen LogP) is 3.99. The zero-order chi connectivity index (χ0) is 12.0. The standard InChI is InChI=1S/2C6H5IO.Cr/c2*7-5-3-1-2-4-6(5)8;/h2*1-4,8H;. The first-order valence-corrected chi connectivity index (χ1v) is 6.64. The second-order valence-electron chi connectivity index (χ2n) is 2.90. The molecule has 0 spiro atoms. The van der Waals surface area contributed by atoms with Crippen molar-refractivity contribution in [2.45, 2.75) is 0 Å². The molecule has 0 unspecified atom stereocenters. The molecule has 0 atom stereocenters. The van der Waals surface area contributed by atoms with Crippen molar-refractivity contribution in [2.24, 2.45) is 0 Å². The summed E-state index contributed by atoms with van der Waals surface area (Å²) in [5.74, 6) is 0.709. The molecule has 0 amide bonds. The van der Waals surface area contributed by atoms with Gasteiger partial charge in [-0.2, -0.15) is 0 Å². The van der Waals surface area contributed by atoms with Crippen LogP contribution in [0.4, 0.5) is 0 Å². The summed E-state index contributed by atoms with van der Waals surface area (Å²) in [7, 11) is 0. The van der Waals surface area contributed by atoms with Crippen LogP contribution in [0.5, 0.6) is 11.5 Å². The quantitative estimate of drug-likeness (QED) is 0.547. The van der Waals surface area contributed by atoms with Crippen molar-refractivity contribution in [3.8, 4) is 11.5 Å². The van der Waals surface area contributed by atoms with Crippen molar-refractivity contribution in [3.05, 3.63) is 55.7 Å². The molecule has 90 valence electrons. The van der Waals surface area contributed by atoms with Gasteiger partial charge >= 0.3 is 0 Å². The molecule has 0 aliphatic rings. The van der Waals surface area contributed by atoms with Crippen LogP contribution in [0.25, 0.3) is 0 Å². The first-order chi connectivity index (χ1) is 7.61. The van der Waals surface area contributed by atoms with Gasteiger partial charge in [-0.1, -0.05) is 24.3 Å². The van der Waals surface area contributed by atoms with E-state index in [2.05, 4.69) is 45.2 Å². The SMILES string of the molecule is Oc1ccccc1I.Oc1ccccc1I.[Cr]. The maximum atomic E-state index is 8.91. The van der Waals surface area contributed by atoms with Gasteiger partial charge in [0, 0.05) is 17.4 Å². The maximum Gasteiger partial charge on any atom is 0.128 e. The Hall–Kier alpha value is 0.0325. The van der Waals surface area contributed by atoms with E-state index in [0.717, 1.165) is 7.14 Å². The van der Waals surface area contributed by atoms with Gasteiger partial charge in [-0.3, -0.25) is 0 Å².